The molecule has 2 aromatic carbocycles. The van der Waals surface area contributed by atoms with E-state index in [0.717, 1.165) is 24.3 Å². The van der Waals surface area contributed by atoms with E-state index in [2.05, 4.69) is 66.7 Å². The van der Waals surface area contributed by atoms with Crippen LogP contribution in [-0.4, -0.2) is 16.0 Å². The lowest BCUT2D eigenvalue weighted by atomic mass is 10.1. The lowest BCUT2D eigenvalue weighted by Gasteiger charge is -2.45. The van der Waals surface area contributed by atoms with Crippen molar-refractivity contribution in [3.63, 3.8) is 0 Å². The predicted molar refractivity (Wildman–Crippen MR) is 146 cm³/mol. The molecule has 0 nitrogen and oxygen atoms in total. The monoisotopic (exact) mass is 558 g/mol. The third-order valence-corrected chi connectivity index (χ3v) is 12.9. The van der Waals surface area contributed by atoms with Crippen LogP contribution in [0.25, 0.3) is 0 Å². The quantitative estimate of drug-likeness (QED) is 0.253. The van der Waals surface area contributed by atoms with Crippen molar-refractivity contribution >= 4 is 26.5 Å². The van der Waals surface area contributed by atoms with Crippen LogP contribution < -0.4 is 10.6 Å². The summed E-state index contributed by atoms with van der Waals surface area (Å²) in [5.74, 6) is 0.0419. The Kier molecular flexibility index (Phi) is 8.48. The molecule has 202 valence electrons. The summed E-state index contributed by atoms with van der Waals surface area (Å²) in [4.78, 5) is 0. The highest BCUT2D eigenvalue weighted by Gasteiger charge is 2.42. The van der Waals surface area contributed by atoms with Gasteiger partial charge in [0, 0.05) is 5.92 Å². The first-order valence-corrected chi connectivity index (χ1v) is 14.9. The minimum absolute atomic E-state index is 0.0227. The van der Waals surface area contributed by atoms with E-state index < -0.39 is 39.3 Å². The van der Waals surface area contributed by atoms with Crippen LogP contribution in [0.3, 0.4) is 0 Å². The van der Waals surface area contributed by atoms with Gasteiger partial charge in [0.15, 0.2) is 0 Å². The predicted octanol–water partition coefficient (Wildman–Crippen LogP) is 9.69. The van der Waals surface area contributed by atoms with Crippen molar-refractivity contribution in [3.8, 4) is 0 Å². The van der Waals surface area contributed by atoms with Gasteiger partial charge in [0.1, 0.15) is 0 Å². The Hall–Kier alpha value is -1.64. The first kappa shape index (κ1) is 29.9. The first-order chi connectivity index (χ1) is 16.8. The van der Waals surface area contributed by atoms with Gasteiger partial charge in [-0.1, -0.05) is 98.9 Å². The fourth-order valence-corrected chi connectivity index (χ4v) is 12.6. The number of alkyl halides is 6. The van der Waals surface area contributed by atoms with Gasteiger partial charge in [0.2, 0.25) is 0 Å². The zero-order chi connectivity index (χ0) is 28.0. The number of allylic oxidation sites excluding steroid dienone is 4. The average molecular weight is 559 g/mol. The lowest BCUT2D eigenvalue weighted by Crippen LogP contribution is -2.31. The van der Waals surface area contributed by atoms with Crippen LogP contribution in [0, 0.1) is 5.92 Å². The molecule has 0 N–H and O–H groups in total. The molecule has 0 spiro atoms. The van der Waals surface area contributed by atoms with E-state index in [4.69, 9.17) is 0 Å². The van der Waals surface area contributed by atoms with Crippen molar-refractivity contribution in [3.05, 3.63) is 83.2 Å². The Bertz CT molecular complexity index is 1060. The second-order valence-corrected chi connectivity index (χ2v) is 17.8. The smallest absolute Gasteiger partial charge is 0.166 e. The fraction of sp³-hybridized carbons (Fsp3) is 0.448. The molecule has 1 aliphatic rings. The molecule has 2 aromatic rings. The molecular weight excluding hydrogens is 524 g/mol. The Morgan fingerprint density at radius 3 is 1.35 bits per heavy atom. The van der Waals surface area contributed by atoms with Crippen LogP contribution in [0.1, 0.15) is 59.6 Å². The fourth-order valence-electron chi connectivity index (χ4n) is 5.30. The summed E-state index contributed by atoms with van der Waals surface area (Å²) in [5.41, 5.74) is -1.52. The Balaban J connectivity index is 2.10. The molecule has 0 saturated carbocycles. The zero-order valence-electron chi connectivity index (χ0n) is 22.2. The highest BCUT2D eigenvalue weighted by atomic mass is 31.1. The number of halogens is 6. The highest BCUT2D eigenvalue weighted by molar-refractivity contribution is 7.73. The maximum Gasteiger partial charge on any atom is 0.416 e. The number of hydrogen-bond donors (Lipinski definition) is 0. The number of benzene rings is 2. The van der Waals surface area contributed by atoms with Gasteiger partial charge < -0.3 is 0 Å². The van der Waals surface area contributed by atoms with Crippen molar-refractivity contribution < 1.29 is 26.3 Å². The summed E-state index contributed by atoms with van der Waals surface area (Å²) in [6.45, 7) is 15.5. The third kappa shape index (κ3) is 6.87. The summed E-state index contributed by atoms with van der Waals surface area (Å²) in [7, 11) is -1.87. The molecule has 0 saturated heterocycles. The summed E-state index contributed by atoms with van der Waals surface area (Å²) in [6.07, 6.45) is -2.54. The van der Waals surface area contributed by atoms with E-state index in [1.807, 2.05) is 0 Å². The topological polar surface area (TPSA) is 0 Å². The van der Waals surface area contributed by atoms with E-state index in [1.165, 1.54) is 29.6 Å². The second kappa shape index (κ2) is 10.5. The zero-order valence-corrected chi connectivity index (χ0v) is 24.0. The Morgan fingerprint density at radius 2 is 1.03 bits per heavy atom. The van der Waals surface area contributed by atoms with Crippen molar-refractivity contribution in [1.29, 1.82) is 0 Å². The van der Waals surface area contributed by atoms with Crippen LogP contribution in [0.2, 0.25) is 0 Å². The highest BCUT2D eigenvalue weighted by Crippen LogP contribution is 2.68. The van der Waals surface area contributed by atoms with E-state index in [1.54, 1.807) is 0 Å². The standard InChI is InChI=1S/C29H34F6P2/c1-19(24-9-8-10-25(24)37(26(2,3)4)27(5,6)7)36(22-15-11-20(12-16-22)28(30,31)32)23-17-13-21(14-18-23)29(33,34)35/h8-19,24H,1-7H3. The van der Waals surface area contributed by atoms with E-state index in [0.29, 0.717) is 10.6 Å². The molecule has 1 aliphatic carbocycles. The van der Waals surface area contributed by atoms with Gasteiger partial charge in [-0.25, -0.2) is 0 Å². The molecular formula is C29H34F6P2. The summed E-state index contributed by atoms with van der Waals surface area (Å²) in [6, 6.07) is 10.2. The van der Waals surface area contributed by atoms with Crippen LogP contribution in [0.5, 0.6) is 0 Å². The van der Waals surface area contributed by atoms with Crippen LogP contribution >= 0.6 is 15.8 Å². The summed E-state index contributed by atoms with van der Waals surface area (Å²) < 4.78 is 79.5. The maximum atomic E-state index is 13.3. The Labute approximate surface area is 218 Å². The molecule has 2 unspecified atom stereocenters. The second-order valence-electron chi connectivity index (χ2n) is 11.4. The SMILES string of the molecule is CC(C1C=CC=C1P(C(C)(C)C)C(C)(C)C)P(c1ccc(C(F)(F)F)cc1)c1ccc(C(F)(F)F)cc1. The van der Waals surface area contributed by atoms with Gasteiger partial charge >= 0.3 is 12.4 Å². The molecule has 0 fully saturated rings. The average Bonchev–Trinajstić information content (AvgIpc) is 3.20. The largest absolute Gasteiger partial charge is 0.416 e. The summed E-state index contributed by atoms with van der Waals surface area (Å²) in [5, 5.41) is 2.80. The Morgan fingerprint density at radius 1 is 0.649 bits per heavy atom. The molecule has 0 aliphatic heterocycles. The minimum Gasteiger partial charge on any atom is -0.166 e. The van der Waals surface area contributed by atoms with Gasteiger partial charge in [-0.2, -0.15) is 26.3 Å². The molecule has 0 aromatic heterocycles. The molecule has 0 amide bonds. The normalized spacial score (nSPS) is 18.0. The van der Waals surface area contributed by atoms with Crippen molar-refractivity contribution in [2.45, 2.75) is 76.8 Å². The first-order valence-electron chi connectivity index (χ1n) is 12.1. The molecule has 0 heterocycles. The van der Waals surface area contributed by atoms with Crippen molar-refractivity contribution in [2.75, 3.05) is 0 Å². The van der Waals surface area contributed by atoms with Crippen LogP contribution in [-0.2, 0) is 12.4 Å². The minimum atomic E-state index is -4.46. The molecule has 37 heavy (non-hydrogen) atoms. The molecule has 0 bridgehead atoms. The third-order valence-electron chi connectivity index (χ3n) is 6.40. The van der Waals surface area contributed by atoms with Gasteiger partial charge in [0.25, 0.3) is 0 Å². The van der Waals surface area contributed by atoms with Gasteiger partial charge in [-0.05, 0) is 64.1 Å². The van der Waals surface area contributed by atoms with E-state index in [-0.39, 0.29) is 21.9 Å². The maximum absolute atomic E-state index is 13.3. The molecule has 3 rings (SSSR count). The van der Waals surface area contributed by atoms with Crippen LogP contribution in [0.4, 0.5) is 26.3 Å². The van der Waals surface area contributed by atoms with Gasteiger partial charge in [-0.3, -0.25) is 0 Å². The summed E-state index contributed by atoms with van der Waals surface area (Å²) >= 11 is 0. The lowest BCUT2D eigenvalue weighted by molar-refractivity contribution is -0.138. The molecule has 2 atom stereocenters. The van der Waals surface area contributed by atoms with Gasteiger partial charge in [0.05, 0.1) is 11.1 Å². The van der Waals surface area contributed by atoms with Gasteiger partial charge in [-0.15, -0.1) is 0 Å². The number of hydrogen-bond acceptors (Lipinski definition) is 0. The van der Waals surface area contributed by atoms with Crippen molar-refractivity contribution in [1.82, 2.24) is 0 Å². The van der Waals surface area contributed by atoms with Crippen molar-refractivity contribution in [2.24, 2.45) is 5.92 Å². The van der Waals surface area contributed by atoms with Crippen LogP contribution in [0.15, 0.2) is 72.1 Å². The molecule has 0 radical (unpaired) electrons. The molecule has 8 heteroatoms. The number of rotatable bonds is 5. The van der Waals surface area contributed by atoms with E-state index in [9.17, 15) is 26.3 Å². The van der Waals surface area contributed by atoms with E-state index >= 15 is 0 Å².